The van der Waals surface area contributed by atoms with Crippen LogP contribution in [0.2, 0.25) is 0 Å². The van der Waals surface area contributed by atoms with Crippen LogP contribution in [0.5, 0.6) is 5.75 Å². The Morgan fingerprint density at radius 1 is 1.26 bits per heavy atom. The largest absolute Gasteiger partial charge is 0.496 e. The second kappa shape index (κ2) is 6.54. The lowest BCUT2D eigenvalue weighted by Crippen LogP contribution is -2.36. The fourth-order valence-electron chi connectivity index (χ4n) is 3.62. The molecule has 10 heteroatoms. The highest BCUT2D eigenvalue weighted by Gasteiger charge is 2.56. The Morgan fingerprint density at radius 3 is 2.70 bits per heavy atom. The van der Waals surface area contributed by atoms with Gasteiger partial charge in [-0.25, -0.2) is 0 Å². The minimum Gasteiger partial charge on any atom is -0.496 e. The molecule has 3 atom stereocenters. The molecule has 0 aliphatic carbocycles. The number of nitrogens with zero attached hydrogens (tertiary/aromatic N) is 1. The molecule has 2 amide bonds. The summed E-state index contributed by atoms with van der Waals surface area (Å²) in [6, 6.07) is 7.12. The molecule has 0 radical (unpaired) electrons. The van der Waals surface area contributed by atoms with E-state index in [1.807, 2.05) is 0 Å². The summed E-state index contributed by atoms with van der Waals surface area (Å²) in [4.78, 5) is 52.7. The molecule has 1 saturated heterocycles. The van der Waals surface area contributed by atoms with Crippen LogP contribution in [0.3, 0.4) is 0 Å². The number of hydrogen-bond acceptors (Lipinski definition) is 7. The number of carbonyl (C=O) groups is 3. The van der Waals surface area contributed by atoms with Crippen molar-refractivity contribution >= 4 is 40.9 Å². The van der Waals surface area contributed by atoms with Crippen LogP contribution in [-0.4, -0.2) is 51.7 Å². The fraction of sp³-hybridized carbons (Fsp3) is 0.294. The number of likely N-dealkylation sites (tertiary alicyclic amines) is 1. The number of methoxy groups -OCH3 is 1. The first-order valence-electron chi connectivity index (χ1n) is 8.02. The quantitative estimate of drug-likeness (QED) is 0.731. The van der Waals surface area contributed by atoms with Crippen LogP contribution in [0.4, 0.5) is 0 Å². The van der Waals surface area contributed by atoms with Crippen LogP contribution in [0.25, 0.3) is 0 Å². The number of aromatic amines is 1. The van der Waals surface area contributed by atoms with Crippen LogP contribution < -0.4 is 9.61 Å². The topological polar surface area (TPSA) is 117 Å². The number of amides is 2. The number of ether oxygens (including phenoxy) is 1. The molecule has 3 heterocycles. The summed E-state index contributed by atoms with van der Waals surface area (Å²) in [6.45, 7) is -0.673. The van der Waals surface area contributed by atoms with E-state index in [1.54, 1.807) is 24.3 Å². The van der Waals surface area contributed by atoms with Gasteiger partial charge >= 0.3 is 10.8 Å². The molecule has 1 aromatic carbocycles. The lowest BCUT2D eigenvalue weighted by atomic mass is 9.82. The van der Waals surface area contributed by atoms with Gasteiger partial charge in [0.05, 0.1) is 18.1 Å². The number of carbonyl (C=O) groups excluding carboxylic acids is 2. The molecule has 0 bridgehead atoms. The molecule has 2 aliphatic rings. The smallest absolute Gasteiger partial charge is 0.323 e. The third-order valence-corrected chi connectivity index (χ3v) is 7.08. The number of carboxylic acid groups (broad SMARTS) is 1. The molecule has 0 spiro atoms. The van der Waals surface area contributed by atoms with Crippen molar-refractivity contribution in [1.29, 1.82) is 0 Å². The van der Waals surface area contributed by atoms with E-state index < -0.39 is 41.4 Å². The van der Waals surface area contributed by atoms with Crippen LogP contribution in [0, 0.1) is 5.92 Å². The van der Waals surface area contributed by atoms with E-state index >= 15 is 0 Å². The maximum atomic E-state index is 13.0. The number of thiazole rings is 1. The molecule has 140 valence electrons. The Kier molecular flexibility index (Phi) is 4.31. The number of fused-ring (bicyclic) bond motifs is 2. The van der Waals surface area contributed by atoms with Gasteiger partial charge in [0.1, 0.15) is 17.5 Å². The number of imide groups is 1. The zero-order valence-corrected chi connectivity index (χ0v) is 15.6. The molecule has 27 heavy (non-hydrogen) atoms. The zero-order chi connectivity index (χ0) is 19.3. The minimum atomic E-state index is -1.25. The first kappa shape index (κ1) is 17.8. The van der Waals surface area contributed by atoms with Gasteiger partial charge in [-0.2, -0.15) is 0 Å². The van der Waals surface area contributed by atoms with Crippen molar-refractivity contribution in [2.24, 2.45) is 5.92 Å². The van der Waals surface area contributed by atoms with Crippen molar-refractivity contribution in [2.45, 2.75) is 16.2 Å². The summed E-state index contributed by atoms with van der Waals surface area (Å²) in [5.74, 6) is -3.16. The van der Waals surface area contributed by atoms with Crippen LogP contribution >= 0.6 is 23.1 Å². The molecular formula is C17H14N2O6S2. The molecule has 2 aromatic rings. The lowest BCUT2D eigenvalue weighted by Gasteiger charge is -2.30. The SMILES string of the molecule is COc1ccccc1[C@@H]1c2sc(=O)[nH]c2S[C@@H]2C(=O)N(CC(=O)O)C(=O)[C@H]12. The molecule has 8 nitrogen and oxygen atoms in total. The van der Waals surface area contributed by atoms with Gasteiger partial charge < -0.3 is 14.8 Å². The van der Waals surface area contributed by atoms with Gasteiger partial charge in [-0.1, -0.05) is 41.3 Å². The first-order valence-corrected chi connectivity index (χ1v) is 9.71. The molecule has 1 aromatic heterocycles. The molecular weight excluding hydrogens is 392 g/mol. The number of carboxylic acids is 1. The Balaban J connectivity index is 1.89. The fourth-order valence-corrected chi connectivity index (χ4v) is 6.15. The summed E-state index contributed by atoms with van der Waals surface area (Å²) < 4.78 is 5.43. The van der Waals surface area contributed by atoms with E-state index in [4.69, 9.17) is 9.84 Å². The lowest BCUT2D eigenvalue weighted by molar-refractivity contribution is -0.149. The summed E-state index contributed by atoms with van der Waals surface area (Å²) in [5.41, 5.74) is 0.685. The first-order chi connectivity index (χ1) is 12.9. The second-order valence-corrected chi connectivity index (χ2v) is 8.31. The van der Waals surface area contributed by atoms with E-state index in [1.165, 1.54) is 7.11 Å². The summed E-state index contributed by atoms with van der Waals surface area (Å²) in [6.07, 6.45) is 0. The molecule has 0 saturated carbocycles. The van der Waals surface area contributed by atoms with Crippen LogP contribution in [-0.2, 0) is 14.4 Å². The van der Waals surface area contributed by atoms with E-state index in [0.29, 0.717) is 21.2 Å². The van der Waals surface area contributed by atoms with E-state index in [9.17, 15) is 19.2 Å². The number of H-pyrrole nitrogens is 1. The molecule has 2 N–H and O–H groups in total. The van der Waals surface area contributed by atoms with Gasteiger partial charge in [0, 0.05) is 16.4 Å². The number of thioether (sulfide) groups is 1. The zero-order valence-electron chi connectivity index (χ0n) is 14.0. The Bertz CT molecular complexity index is 1010. The standard InChI is InChI=1S/C17H14N2O6S2/c1-25-8-5-3-2-4-7(8)10-11-13(26-14-12(10)27-17(24)18-14)16(23)19(15(11)22)6-9(20)21/h2-5,10-11,13H,6H2,1H3,(H,18,24)(H,20,21)/t10-,11+,13-/m0/s1. The highest BCUT2D eigenvalue weighted by atomic mass is 32.2. The summed E-state index contributed by atoms with van der Waals surface area (Å²) in [5, 5.41) is 8.81. The number of aliphatic carboxylic acids is 1. The molecule has 4 rings (SSSR count). The number of nitrogens with one attached hydrogen (secondary N) is 1. The van der Waals surface area contributed by atoms with Gasteiger partial charge in [-0.05, 0) is 6.07 Å². The number of para-hydroxylation sites is 1. The highest BCUT2D eigenvalue weighted by molar-refractivity contribution is 8.00. The van der Waals surface area contributed by atoms with Crippen molar-refractivity contribution in [1.82, 2.24) is 9.88 Å². The third kappa shape index (κ3) is 2.76. The van der Waals surface area contributed by atoms with Gasteiger partial charge in [-0.15, -0.1) is 0 Å². The van der Waals surface area contributed by atoms with Gasteiger partial charge in [0.25, 0.3) is 0 Å². The third-order valence-electron chi connectivity index (χ3n) is 4.68. The maximum Gasteiger partial charge on any atom is 0.323 e. The van der Waals surface area contributed by atoms with Crippen molar-refractivity contribution < 1.29 is 24.2 Å². The minimum absolute atomic E-state index is 0.269. The average Bonchev–Trinajstić information content (AvgIpc) is 3.12. The molecule has 0 unspecified atom stereocenters. The normalized spacial score (nSPS) is 23.9. The number of hydrogen-bond donors (Lipinski definition) is 2. The van der Waals surface area contributed by atoms with E-state index in [-0.39, 0.29) is 4.87 Å². The Morgan fingerprint density at radius 2 is 2.00 bits per heavy atom. The van der Waals surface area contributed by atoms with Crippen LogP contribution in [0.15, 0.2) is 34.1 Å². The number of aromatic nitrogens is 1. The predicted molar refractivity (Wildman–Crippen MR) is 97.3 cm³/mol. The van der Waals surface area contributed by atoms with E-state index in [0.717, 1.165) is 28.0 Å². The van der Waals surface area contributed by atoms with Crippen molar-refractivity contribution in [3.05, 3.63) is 44.4 Å². The van der Waals surface area contributed by atoms with Crippen molar-refractivity contribution in [2.75, 3.05) is 13.7 Å². The highest BCUT2D eigenvalue weighted by Crippen LogP contribution is 2.53. The van der Waals surface area contributed by atoms with Crippen molar-refractivity contribution in [3.8, 4) is 5.75 Å². The summed E-state index contributed by atoms with van der Waals surface area (Å²) in [7, 11) is 1.51. The number of rotatable bonds is 4. The van der Waals surface area contributed by atoms with Gasteiger partial charge in [0.15, 0.2) is 0 Å². The molecule has 1 fully saturated rings. The Labute approximate surface area is 161 Å². The maximum absolute atomic E-state index is 13.0. The van der Waals surface area contributed by atoms with Crippen LogP contribution in [0.1, 0.15) is 16.4 Å². The second-order valence-electron chi connectivity index (χ2n) is 6.15. The van der Waals surface area contributed by atoms with E-state index in [2.05, 4.69) is 4.98 Å². The van der Waals surface area contributed by atoms with Gasteiger partial charge in [-0.3, -0.25) is 24.1 Å². The summed E-state index contributed by atoms with van der Waals surface area (Å²) >= 11 is 2.11. The number of benzene rings is 1. The predicted octanol–water partition coefficient (Wildman–Crippen LogP) is 1.12. The van der Waals surface area contributed by atoms with Crippen molar-refractivity contribution in [3.63, 3.8) is 0 Å². The average molecular weight is 406 g/mol. The van der Waals surface area contributed by atoms with Gasteiger partial charge in [0.2, 0.25) is 11.8 Å². The molecule has 2 aliphatic heterocycles. The monoisotopic (exact) mass is 406 g/mol. The Hall–Kier alpha value is -2.59.